The number of pyridine rings is 2. The van der Waals surface area contributed by atoms with Crippen molar-refractivity contribution in [3.63, 3.8) is 0 Å². The topological polar surface area (TPSA) is 42.1 Å². The highest BCUT2D eigenvalue weighted by atomic mass is 15.1. The molecular weight excluding hydrogens is 420 g/mol. The fraction of sp³-hybridized carbons (Fsp3) is 0.143. The van der Waals surface area contributed by atoms with Crippen molar-refractivity contribution in [1.29, 1.82) is 0 Å². The molecule has 0 aliphatic carbocycles. The van der Waals surface area contributed by atoms with Gasteiger partial charge in [0.25, 0.3) is 0 Å². The highest BCUT2D eigenvalue weighted by Gasteiger charge is 2.22. The molecule has 4 aromatic heterocycles. The first-order valence-corrected chi connectivity index (χ1v) is 11.5. The van der Waals surface area contributed by atoms with Gasteiger partial charge in [-0.15, -0.1) is 0 Å². The maximum absolute atomic E-state index is 4.42. The average Bonchev–Trinajstić information content (AvgIpc) is 3.36. The molecule has 0 spiro atoms. The summed E-state index contributed by atoms with van der Waals surface area (Å²) in [7, 11) is 4.22. The second-order valence-electron chi connectivity index (χ2n) is 9.17. The predicted octanol–water partition coefficient (Wildman–Crippen LogP) is 5.20. The van der Waals surface area contributed by atoms with Gasteiger partial charge in [-0.1, -0.05) is 6.07 Å². The van der Waals surface area contributed by atoms with Crippen LogP contribution in [-0.2, 0) is 13.1 Å². The summed E-state index contributed by atoms with van der Waals surface area (Å²) in [6.07, 6.45) is 16.5. The van der Waals surface area contributed by atoms with E-state index in [9.17, 15) is 0 Å². The molecule has 166 valence electrons. The second-order valence-corrected chi connectivity index (χ2v) is 9.17. The highest BCUT2D eigenvalue weighted by molar-refractivity contribution is 5.91. The van der Waals surface area contributed by atoms with Gasteiger partial charge < -0.3 is 18.9 Å². The summed E-state index contributed by atoms with van der Waals surface area (Å²) >= 11 is 0. The summed E-state index contributed by atoms with van der Waals surface area (Å²) in [5.41, 5.74) is 9.74. The molecule has 6 heterocycles. The molecule has 0 fully saturated rings. The van der Waals surface area contributed by atoms with Gasteiger partial charge in [0.05, 0.1) is 22.4 Å². The van der Waals surface area contributed by atoms with Crippen molar-refractivity contribution in [3.05, 3.63) is 96.1 Å². The molecule has 1 aromatic carbocycles. The smallest absolute Gasteiger partial charge is 0.0569 e. The third kappa shape index (κ3) is 2.68. The Balaban J connectivity index is 1.48. The maximum atomic E-state index is 4.42. The standard InChI is InChI=1S/C28H24N6/c1-31-12-8-27-23(17-31)21-15-29-10-6-25(21)33(27)19-4-3-5-20(14-19)34-26-7-11-30-16-22(26)24-18-32(2)13-9-28(24)34/h3-16H,17-18H2,1-2H3. The lowest BCUT2D eigenvalue weighted by Gasteiger charge is -2.21. The van der Waals surface area contributed by atoms with Gasteiger partial charge in [0, 0.05) is 97.6 Å². The number of aromatic nitrogens is 4. The number of hydrogen-bond donors (Lipinski definition) is 0. The van der Waals surface area contributed by atoms with E-state index in [2.05, 4.69) is 104 Å². The molecule has 34 heavy (non-hydrogen) atoms. The van der Waals surface area contributed by atoms with Crippen molar-refractivity contribution in [2.24, 2.45) is 0 Å². The molecule has 0 saturated heterocycles. The van der Waals surface area contributed by atoms with Gasteiger partial charge in [0.1, 0.15) is 0 Å². The quantitative estimate of drug-likeness (QED) is 0.376. The third-order valence-electron chi connectivity index (χ3n) is 6.96. The van der Waals surface area contributed by atoms with Gasteiger partial charge in [-0.3, -0.25) is 9.97 Å². The molecule has 0 saturated carbocycles. The van der Waals surface area contributed by atoms with E-state index in [1.54, 1.807) is 0 Å². The van der Waals surface area contributed by atoms with Crippen molar-refractivity contribution in [2.75, 3.05) is 14.1 Å². The Labute approximate surface area is 197 Å². The van der Waals surface area contributed by atoms with Crippen LogP contribution in [0.2, 0.25) is 0 Å². The summed E-state index contributed by atoms with van der Waals surface area (Å²) < 4.78 is 4.73. The van der Waals surface area contributed by atoms with E-state index in [0.29, 0.717) is 0 Å². The van der Waals surface area contributed by atoms with Crippen LogP contribution in [0.3, 0.4) is 0 Å². The van der Waals surface area contributed by atoms with Crippen LogP contribution in [0.4, 0.5) is 0 Å². The van der Waals surface area contributed by atoms with Crippen LogP contribution in [0.1, 0.15) is 22.5 Å². The van der Waals surface area contributed by atoms with E-state index in [1.165, 1.54) is 44.3 Å². The molecule has 0 atom stereocenters. The summed E-state index contributed by atoms with van der Waals surface area (Å²) in [6, 6.07) is 13.1. The monoisotopic (exact) mass is 444 g/mol. The van der Waals surface area contributed by atoms with Gasteiger partial charge >= 0.3 is 0 Å². The minimum Gasteiger partial charge on any atom is -0.376 e. The SMILES string of the molecule is CN1C=Cc2c(c3cnccc3n2-c2cccc(-n3c4c(c5cnccc53)CN(C)C=C4)c2)C1. The number of nitrogens with zero attached hydrogens (tertiary/aromatic N) is 6. The lowest BCUT2D eigenvalue weighted by molar-refractivity contribution is 0.449. The van der Waals surface area contributed by atoms with Gasteiger partial charge in [-0.25, -0.2) is 0 Å². The Bertz CT molecular complexity index is 1530. The molecule has 0 N–H and O–H groups in total. The van der Waals surface area contributed by atoms with Crippen molar-refractivity contribution in [2.45, 2.75) is 13.1 Å². The van der Waals surface area contributed by atoms with Crippen LogP contribution in [0.5, 0.6) is 0 Å². The van der Waals surface area contributed by atoms with Gasteiger partial charge in [0.2, 0.25) is 0 Å². The predicted molar refractivity (Wildman–Crippen MR) is 137 cm³/mol. The van der Waals surface area contributed by atoms with E-state index in [-0.39, 0.29) is 0 Å². The molecule has 7 rings (SSSR count). The van der Waals surface area contributed by atoms with Crippen LogP contribution in [0, 0.1) is 0 Å². The highest BCUT2D eigenvalue weighted by Crippen LogP contribution is 2.36. The number of hydrogen-bond acceptors (Lipinski definition) is 4. The first-order valence-electron chi connectivity index (χ1n) is 11.5. The van der Waals surface area contributed by atoms with Crippen molar-refractivity contribution in [3.8, 4) is 11.4 Å². The molecule has 5 aromatic rings. The van der Waals surface area contributed by atoms with Crippen LogP contribution in [-0.4, -0.2) is 43.0 Å². The minimum absolute atomic E-state index is 0.877. The summed E-state index contributed by atoms with van der Waals surface area (Å²) in [6.45, 7) is 1.75. The molecule has 0 unspecified atom stereocenters. The molecule has 0 bridgehead atoms. The van der Waals surface area contributed by atoms with Crippen molar-refractivity contribution in [1.82, 2.24) is 28.9 Å². The summed E-state index contributed by atoms with van der Waals surface area (Å²) in [4.78, 5) is 13.3. The Morgan fingerprint density at radius 3 is 1.68 bits per heavy atom. The van der Waals surface area contributed by atoms with Crippen molar-refractivity contribution < 1.29 is 0 Å². The fourth-order valence-corrected chi connectivity index (χ4v) is 5.44. The maximum Gasteiger partial charge on any atom is 0.0569 e. The van der Waals surface area contributed by atoms with Crippen LogP contribution >= 0.6 is 0 Å². The van der Waals surface area contributed by atoms with Gasteiger partial charge in [-0.2, -0.15) is 0 Å². The van der Waals surface area contributed by atoms with Gasteiger partial charge in [-0.05, 0) is 42.5 Å². The largest absolute Gasteiger partial charge is 0.376 e. The molecule has 2 aliphatic heterocycles. The second kappa shape index (κ2) is 7.09. The lowest BCUT2D eigenvalue weighted by atomic mass is 10.1. The van der Waals surface area contributed by atoms with Crippen LogP contribution in [0.25, 0.3) is 45.3 Å². The summed E-state index contributed by atoms with van der Waals surface area (Å²) in [5, 5.41) is 2.42. The molecule has 0 amide bonds. The van der Waals surface area contributed by atoms with E-state index in [4.69, 9.17) is 0 Å². The molecule has 2 aliphatic rings. The van der Waals surface area contributed by atoms with E-state index in [1.807, 2.05) is 24.8 Å². The van der Waals surface area contributed by atoms with E-state index >= 15 is 0 Å². The Morgan fingerprint density at radius 2 is 1.18 bits per heavy atom. The fourth-order valence-electron chi connectivity index (χ4n) is 5.44. The van der Waals surface area contributed by atoms with E-state index in [0.717, 1.165) is 24.5 Å². The van der Waals surface area contributed by atoms with Crippen LogP contribution < -0.4 is 0 Å². The average molecular weight is 445 g/mol. The zero-order chi connectivity index (χ0) is 22.8. The Morgan fingerprint density at radius 1 is 0.676 bits per heavy atom. The van der Waals surface area contributed by atoms with Crippen LogP contribution in [0.15, 0.2) is 73.6 Å². The molecular formula is C28H24N6. The number of benzene rings is 1. The lowest BCUT2D eigenvalue weighted by Crippen LogP contribution is -2.15. The normalized spacial score (nSPS) is 14.8. The third-order valence-corrected chi connectivity index (χ3v) is 6.96. The first kappa shape index (κ1) is 19.2. The molecule has 6 nitrogen and oxygen atoms in total. The number of rotatable bonds is 2. The Kier molecular flexibility index (Phi) is 4.00. The Hall–Kier alpha value is -4.32. The first-order chi connectivity index (χ1) is 16.7. The van der Waals surface area contributed by atoms with Crippen molar-refractivity contribution >= 4 is 34.0 Å². The van der Waals surface area contributed by atoms with E-state index < -0.39 is 0 Å². The van der Waals surface area contributed by atoms with Gasteiger partial charge in [0.15, 0.2) is 0 Å². The zero-order valence-electron chi connectivity index (χ0n) is 19.2. The molecule has 0 radical (unpaired) electrons. The molecule has 6 heteroatoms. The zero-order valence-corrected chi connectivity index (χ0v) is 19.2. The minimum atomic E-state index is 0.877. The summed E-state index contributed by atoms with van der Waals surface area (Å²) in [5.74, 6) is 0. The number of fused-ring (bicyclic) bond motifs is 6.